The van der Waals surface area contributed by atoms with Crippen molar-refractivity contribution in [2.75, 3.05) is 13.7 Å². The third kappa shape index (κ3) is 4.20. The van der Waals surface area contributed by atoms with Gasteiger partial charge < -0.3 is 15.2 Å². The maximum Gasteiger partial charge on any atom is 0.307 e. The van der Waals surface area contributed by atoms with Crippen molar-refractivity contribution >= 4 is 11.9 Å². The predicted octanol–water partition coefficient (Wildman–Crippen LogP) is 1.66. The molecule has 1 aliphatic carbocycles. The predicted molar refractivity (Wildman–Crippen MR) is 71.7 cm³/mol. The maximum absolute atomic E-state index is 12.3. The van der Waals surface area contributed by atoms with Gasteiger partial charge in [0.1, 0.15) is 0 Å². The second-order valence-corrected chi connectivity index (χ2v) is 6.10. The van der Waals surface area contributed by atoms with Gasteiger partial charge in [0.05, 0.1) is 24.0 Å². The Bertz CT molecular complexity index is 340. The fourth-order valence-corrected chi connectivity index (χ4v) is 2.86. The molecule has 0 aliphatic heterocycles. The molecule has 1 aliphatic rings. The van der Waals surface area contributed by atoms with E-state index >= 15 is 0 Å². The Hall–Kier alpha value is -1.10. The first kappa shape index (κ1) is 16.0. The Labute approximate surface area is 114 Å². The summed E-state index contributed by atoms with van der Waals surface area (Å²) in [6.07, 6.45) is 2.20. The average Bonchev–Trinajstić information content (AvgIpc) is 2.72. The van der Waals surface area contributed by atoms with Gasteiger partial charge >= 0.3 is 5.97 Å². The van der Waals surface area contributed by atoms with Gasteiger partial charge in [-0.2, -0.15) is 0 Å². The highest BCUT2D eigenvalue weighted by Gasteiger charge is 2.43. The summed E-state index contributed by atoms with van der Waals surface area (Å²) in [5.41, 5.74) is -0.473. The topological polar surface area (TPSA) is 75.6 Å². The molecule has 19 heavy (non-hydrogen) atoms. The van der Waals surface area contributed by atoms with Crippen LogP contribution in [0.25, 0.3) is 0 Å². The first-order valence-electron chi connectivity index (χ1n) is 6.84. The lowest BCUT2D eigenvalue weighted by atomic mass is 9.94. The number of carboxylic acids is 1. The van der Waals surface area contributed by atoms with Gasteiger partial charge in [0.25, 0.3) is 0 Å². The van der Waals surface area contributed by atoms with E-state index in [1.54, 1.807) is 7.11 Å². The van der Waals surface area contributed by atoms with Crippen LogP contribution in [0.4, 0.5) is 0 Å². The van der Waals surface area contributed by atoms with Crippen molar-refractivity contribution in [2.45, 2.75) is 45.6 Å². The number of carboxylic acid groups (broad SMARTS) is 1. The summed E-state index contributed by atoms with van der Waals surface area (Å²) < 4.78 is 5.06. The van der Waals surface area contributed by atoms with Crippen LogP contribution in [0.15, 0.2) is 0 Å². The van der Waals surface area contributed by atoms with Crippen molar-refractivity contribution in [3.63, 3.8) is 0 Å². The minimum absolute atomic E-state index is 0.162. The first-order chi connectivity index (χ1) is 8.80. The Kier molecular flexibility index (Phi) is 5.35. The standard InChI is InChI=1S/C14H25NO4/c1-5-9-6-10(11(7-9)13(17)18)12(16)15-14(2,3)8-19-4/h9-11H,5-8H2,1-4H3,(H,15,16)(H,17,18)/t9?,10-,11+/m0/s1. The summed E-state index contributed by atoms with van der Waals surface area (Å²) in [6, 6.07) is 0. The molecule has 0 spiro atoms. The lowest BCUT2D eigenvalue weighted by molar-refractivity contribution is -0.146. The molecule has 1 unspecified atom stereocenters. The van der Waals surface area contributed by atoms with Crippen LogP contribution >= 0.6 is 0 Å². The smallest absolute Gasteiger partial charge is 0.307 e. The van der Waals surface area contributed by atoms with E-state index in [1.165, 1.54) is 0 Å². The summed E-state index contributed by atoms with van der Waals surface area (Å²) in [6.45, 7) is 6.19. The quantitative estimate of drug-likeness (QED) is 0.770. The van der Waals surface area contributed by atoms with Crippen LogP contribution in [0, 0.1) is 17.8 Å². The van der Waals surface area contributed by atoms with Crippen LogP contribution in [0.2, 0.25) is 0 Å². The fourth-order valence-electron chi connectivity index (χ4n) is 2.86. The summed E-state index contributed by atoms with van der Waals surface area (Å²) in [5.74, 6) is -1.66. The maximum atomic E-state index is 12.3. The Morgan fingerprint density at radius 3 is 2.37 bits per heavy atom. The van der Waals surface area contributed by atoms with Crippen LogP contribution < -0.4 is 5.32 Å². The lowest BCUT2D eigenvalue weighted by Gasteiger charge is -2.28. The van der Waals surface area contributed by atoms with Crippen molar-refractivity contribution < 1.29 is 19.4 Å². The largest absolute Gasteiger partial charge is 0.481 e. The molecule has 0 aromatic heterocycles. The molecule has 1 amide bonds. The number of rotatable bonds is 6. The third-order valence-corrected chi connectivity index (χ3v) is 3.86. The Morgan fingerprint density at radius 1 is 1.32 bits per heavy atom. The molecule has 1 fully saturated rings. The van der Waals surface area contributed by atoms with Gasteiger partial charge in [-0.3, -0.25) is 9.59 Å². The van der Waals surface area contributed by atoms with E-state index in [4.69, 9.17) is 4.74 Å². The normalized spacial score (nSPS) is 27.3. The molecule has 5 heteroatoms. The van der Waals surface area contributed by atoms with Gasteiger partial charge in [0.15, 0.2) is 0 Å². The van der Waals surface area contributed by atoms with E-state index in [2.05, 4.69) is 5.32 Å². The summed E-state index contributed by atoms with van der Waals surface area (Å²) in [4.78, 5) is 23.5. The van der Waals surface area contributed by atoms with Crippen LogP contribution in [0.1, 0.15) is 40.0 Å². The van der Waals surface area contributed by atoms with Gasteiger partial charge in [0.2, 0.25) is 5.91 Å². The van der Waals surface area contributed by atoms with E-state index in [-0.39, 0.29) is 5.91 Å². The second kappa shape index (κ2) is 6.37. The van der Waals surface area contributed by atoms with Gasteiger partial charge in [0, 0.05) is 7.11 Å². The molecule has 3 atom stereocenters. The average molecular weight is 271 g/mol. The minimum atomic E-state index is -0.861. The number of methoxy groups -OCH3 is 1. The van der Waals surface area contributed by atoms with Crippen molar-refractivity contribution in [2.24, 2.45) is 17.8 Å². The number of hydrogen-bond acceptors (Lipinski definition) is 3. The van der Waals surface area contributed by atoms with Crippen LogP contribution in [0.5, 0.6) is 0 Å². The van der Waals surface area contributed by atoms with Gasteiger partial charge in [-0.1, -0.05) is 13.3 Å². The highest BCUT2D eigenvalue weighted by atomic mass is 16.5. The zero-order chi connectivity index (χ0) is 14.6. The number of carbonyl (C=O) groups is 2. The van der Waals surface area contributed by atoms with Crippen molar-refractivity contribution in [1.29, 1.82) is 0 Å². The van der Waals surface area contributed by atoms with Gasteiger partial charge in [-0.15, -0.1) is 0 Å². The third-order valence-electron chi connectivity index (χ3n) is 3.86. The molecule has 0 aromatic rings. The molecule has 0 bridgehead atoms. The second-order valence-electron chi connectivity index (χ2n) is 6.10. The number of ether oxygens (including phenoxy) is 1. The number of hydrogen-bond donors (Lipinski definition) is 2. The van der Waals surface area contributed by atoms with Crippen LogP contribution in [0.3, 0.4) is 0 Å². The summed E-state index contributed by atoms with van der Waals surface area (Å²) >= 11 is 0. The van der Waals surface area contributed by atoms with Crippen molar-refractivity contribution in [3.8, 4) is 0 Å². The highest BCUT2D eigenvalue weighted by Crippen LogP contribution is 2.38. The van der Waals surface area contributed by atoms with E-state index < -0.39 is 23.3 Å². The van der Waals surface area contributed by atoms with Crippen molar-refractivity contribution in [1.82, 2.24) is 5.32 Å². The van der Waals surface area contributed by atoms with Gasteiger partial charge in [-0.25, -0.2) is 0 Å². The number of carbonyl (C=O) groups excluding carboxylic acids is 1. The van der Waals surface area contributed by atoms with Gasteiger partial charge in [-0.05, 0) is 32.6 Å². The SMILES string of the molecule is CCC1C[C@H](C(=O)NC(C)(C)COC)[C@H](C(=O)O)C1. The molecule has 2 N–H and O–H groups in total. The van der Waals surface area contributed by atoms with Crippen molar-refractivity contribution in [3.05, 3.63) is 0 Å². The molecule has 0 aromatic carbocycles. The molecule has 5 nitrogen and oxygen atoms in total. The monoisotopic (exact) mass is 271 g/mol. The summed E-state index contributed by atoms with van der Waals surface area (Å²) in [5, 5.41) is 12.1. The molecule has 0 saturated heterocycles. The molecular formula is C14H25NO4. The Balaban J connectivity index is 2.71. The van der Waals surface area contributed by atoms with E-state index in [0.29, 0.717) is 25.4 Å². The summed E-state index contributed by atoms with van der Waals surface area (Å²) in [7, 11) is 1.58. The number of amides is 1. The molecule has 1 rings (SSSR count). The lowest BCUT2D eigenvalue weighted by Crippen LogP contribution is -2.50. The molecular weight excluding hydrogens is 246 g/mol. The fraction of sp³-hybridized carbons (Fsp3) is 0.857. The number of nitrogens with one attached hydrogen (secondary N) is 1. The highest BCUT2D eigenvalue weighted by molar-refractivity contribution is 5.85. The number of aliphatic carboxylic acids is 1. The molecule has 1 saturated carbocycles. The van der Waals surface area contributed by atoms with E-state index in [1.807, 2.05) is 20.8 Å². The molecule has 0 radical (unpaired) electrons. The molecule has 0 heterocycles. The van der Waals surface area contributed by atoms with E-state index in [0.717, 1.165) is 6.42 Å². The zero-order valence-electron chi connectivity index (χ0n) is 12.2. The zero-order valence-corrected chi connectivity index (χ0v) is 12.2. The minimum Gasteiger partial charge on any atom is -0.481 e. The van der Waals surface area contributed by atoms with Crippen LogP contribution in [-0.4, -0.2) is 36.2 Å². The van der Waals surface area contributed by atoms with Crippen LogP contribution in [-0.2, 0) is 14.3 Å². The Morgan fingerprint density at radius 2 is 1.89 bits per heavy atom. The molecule has 110 valence electrons. The first-order valence-corrected chi connectivity index (χ1v) is 6.84. The van der Waals surface area contributed by atoms with E-state index in [9.17, 15) is 14.7 Å².